The zero-order chi connectivity index (χ0) is 19.1. The van der Waals surface area contributed by atoms with E-state index in [1.165, 1.54) is 0 Å². The monoisotopic (exact) mass is 359 g/mol. The molecule has 0 spiro atoms. The number of aromatic nitrogens is 2. The first-order valence-corrected chi connectivity index (χ1v) is 8.61. The number of hydrogen-bond acceptors (Lipinski definition) is 4. The van der Waals surface area contributed by atoms with E-state index < -0.39 is 24.0 Å². The highest BCUT2D eigenvalue weighted by molar-refractivity contribution is 5.77. The van der Waals surface area contributed by atoms with Gasteiger partial charge in [-0.2, -0.15) is 0 Å². The molecule has 2 atom stereocenters. The minimum absolute atomic E-state index is 0.124. The van der Waals surface area contributed by atoms with Crippen molar-refractivity contribution in [3.05, 3.63) is 54.1 Å². The van der Waals surface area contributed by atoms with Crippen molar-refractivity contribution in [3.63, 3.8) is 0 Å². The smallest absolute Gasteiger partial charge is 0.321 e. The summed E-state index contributed by atoms with van der Waals surface area (Å²) in [5, 5.41) is 21.5. The van der Waals surface area contributed by atoms with Crippen LogP contribution in [-0.4, -0.2) is 43.8 Å². The topological polar surface area (TPSA) is 104 Å². The fourth-order valence-corrected chi connectivity index (χ4v) is 2.77. The lowest BCUT2D eigenvalue weighted by molar-refractivity contribution is -0.142. The zero-order valence-corrected chi connectivity index (χ0v) is 15.0. The van der Waals surface area contributed by atoms with Crippen molar-refractivity contribution in [1.82, 2.24) is 14.9 Å². The molecule has 26 heavy (non-hydrogen) atoms. The molecule has 1 heterocycles. The van der Waals surface area contributed by atoms with E-state index in [0.717, 1.165) is 5.56 Å². The van der Waals surface area contributed by atoms with Crippen LogP contribution < -0.4 is 5.32 Å². The summed E-state index contributed by atoms with van der Waals surface area (Å²) >= 11 is 0. The molecule has 1 aromatic carbocycles. The standard InChI is InChI=1S/C19H25N3O4/c1-13(2)8-16(18(23)24)21-17(19(25)26)9-15-11-22(12-20-15)10-14-6-4-3-5-7-14/h3-7,11-13,16-17,21H,8-10H2,1-2H3,(H,23,24)(H,25,26)/t16?,17-/m1/s1. The van der Waals surface area contributed by atoms with Gasteiger partial charge in [-0.05, 0) is 17.9 Å². The fraction of sp³-hybridized carbons (Fsp3) is 0.421. The number of imidazole rings is 1. The van der Waals surface area contributed by atoms with Gasteiger partial charge in [0, 0.05) is 19.2 Å². The van der Waals surface area contributed by atoms with Gasteiger partial charge in [0.1, 0.15) is 12.1 Å². The molecule has 0 aliphatic rings. The largest absolute Gasteiger partial charge is 0.480 e. The average Bonchev–Trinajstić information content (AvgIpc) is 3.00. The first kappa shape index (κ1) is 19.7. The number of carboxylic acids is 2. The molecule has 7 nitrogen and oxygen atoms in total. The van der Waals surface area contributed by atoms with E-state index in [1.54, 1.807) is 12.5 Å². The number of benzene rings is 1. The summed E-state index contributed by atoms with van der Waals surface area (Å²) in [7, 11) is 0. The summed E-state index contributed by atoms with van der Waals surface area (Å²) in [5.41, 5.74) is 1.72. The number of nitrogens with zero attached hydrogens (tertiary/aromatic N) is 2. The summed E-state index contributed by atoms with van der Waals surface area (Å²) in [5.74, 6) is -1.99. The van der Waals surface area contributed by atoms with Crippen molar-refractivity contribution in [2.45, 2.75) is 45.3 Å². The predicted molar refractivity (Wildman–Crippen MR) is 96.9 cm³/mol. The van der Waals surface area contributed by atoms with Gasteiger partial charge in [0.15, 0.2) is 0 Å². The Morgan fingerprint density at radius 1 is 1.12 bits per heavy atom. The van der Waals surface area contributed by atoms with E-state index in [1.807, 2.05) is 48.7 Å². The van der Waals surface area contributed by atoms with Crippen LogP contribution in [0.5, 0.6) is 0 Å². The first-order valence-electron chi connectivity index (χ1n) is 8.61. The molecule has 0 saturated carbocycles. The van der Waals surface area contributed by atoms with Gasteiger partial charge in [-0.3, -0.25) is 14.9 Å². The Kier molecular flexibility index (Phi) is 6.91. The third kappa shape index (κ3) is 6.00. The molecular formula is C19H25N3O4. The number of carboxylic acid groups (broad SMARTS) is 2. The van der Waals surface area contributed by atoms with Crippen LogP contribution in [0.15, 0.2) is 42.9 Å². The number of aliphatic carboxylic acids is 2. The van der Waals surface area contributed by atoms with Gasteiger partial charge in [0.2, 0.25) is 0 Å². The minimum atomic E-state index is -1.09. The molecule has 0 aliphatic heterocycles. The Morgan fingerprint density at radius 2 is 1.77 bits per heavy atom. The van der Waals surface area contributed by atoms with E-state index in [4.69, 9.17) is 0 Å². The Labute approximate surface area is 152 Å². The maximum atomic E-state index is 11.6. The molecule has 1 aromatic heterocycles. The average molecular weight is 359 g/mol. The second kappa shape index (κ2) is 9.15. The van der Waals surface area contributed by atoms with E-state index in [-0.39, 0.29) is 12.3 Å². The van der Waals surface area contributed by atoms with Crippen LogP contribution >= 0.6 is 0 Å². The molecule has 0 fully saturated rings. The third-order valence-corrected chi connectivity index (χ3v) is 4.01. The Bertz CT molecular complexity index is 727. The second-order valence-electron chi connectivity index (χ2n) is 6.80. The maximum absolute atomic E-state index is 11.6. The zero-order valence-electron chi connectivity index (χ0n) is 15.0. The van der Waals surface area contributed by atoms with E-state index >= 15 is 0 Å². The molecule has 1 unspecified atom stereocenters. The highest BCUT2D eigenvalue weighted by Gasteiger charge is 2.27. The normalized spacial score (nSPS) is 13.5. The van der Waals surface area contributed by atoms with Crippen LogP contribution in [0.4, 0.5) is 0 Å². The molecule has 2 aromatic rings. The van der Waals surface area contributed by atoms with Crippen molar-refractivity contribution >= 4 is 11.9 Å². The van der Waals surface area contributed by atoms with Gasteiger partial charge >= 0.3 is 11.9 Å². The highest BCUT2D eigenvalue weighted by atomic mass is 16.4. The van der Waals surface area contributed by atoms with Crippen LogP contribution in [-0.2, 0) is 22.6 Å². The molecule has 140 valence electrons. The lowest BCUT2D eigenvalue weighted by Gasteiger charge is -2.21. The SMILES string of the molecule is CC(C)CC(N[C@H](Cc1cn(Cc2ccccc2)cn1)C(=O)O)C(=O)O. The third-order valence-electron chi connectivity index (χ3n) is 4.01. The van der Waals surface area contributed by atoms with E-state index in [2.05, 4.69) is 10.3 Å². The fourth-order valence-electron chi connectivity index (χ4n) is 2.77. The van der Waals surface area contributed by atoms with Gasteiger partial charge in [-0.1, -0.05) is 44.2 Å². The number of hydrogen-bond donors (Lipinski definition) is 3. The lowest BCUT2D eigenvalue weighted by atomic mass is 10.0. The summed E-state index contributed by atoms with van der Waals surface area (Å²) in [4.78, 5) is 27.2. The van der Waals surface area contributed by atoms with Gasteiger partial charge in [0.05, 0.1) is 12.0 Å². The molecule has 0 saturated heterocycles. The molecule has 0 amide bonds. The van der Waals surface area contributed by atoms with Gasteiger partial charge in [-0.15, -0.1) is 0 Å². The molecule has 0 bridgehead atoms. The quantitative estimate of drug-likeness (QED) is 0.599. The molecule has 0 radical (unpaired) electrons. The van der Waals surface area contributed by atoms with Crippen LogP contribution in [0.2, 0.25) is 0 Å². The van der Waals surface area contributed by atoms with E-state index in [0.29, 0.717) is 18.7 Å². The van der Waals surface area contributed by atoms with Crippen molar-refractivity contribution < 1.29 is 19.8 Å². The maximum Gasteiger partial charge on any atom is 0.321 e. The van der Waals surface area contributed by atoms with Crippen LogP contribution in [0.25, 0.3) is 0 Å². The summed E-state index contributed by atoms with van der Waals surface area (Å²) in [6.07, 6.45) is 3.94. The van der Waals surface area contributed by atoms with E-state index in [9.17, 15) is 19.8 Å². The van der Waals surface area contributed by atoms with Crippen LogP contribution in [0, 0.1) is 5.92 Å². The Morgan fingerprint density at radius 3 is 2.35 bits per heavy atom. The number of rotatable bonds is 10. The number of nitrogens with one attached hydrogen (secondary N) is 1. The van der Waals surface area contributed by atoms with Gasteiger partial charge in [0.25, 0.3) is 0 Å². The van der Waals surface area contributed by atoms with Crippen LogP contribution in [0.1, 0.15) is 31.5 Å². The predicted octanol–water partition coefficient (Wildman–Crippen LogP) is 2.02. The molecule has 2 rings (SSSR count). The molecule has 3 N–H and O–H groups in total. The molecular weight excluding hydrogens is 334 g/mol. The summed E-state index contributed by atoms with van der Waals surface area (Å²) < 4.78 is 1.88. The van der Waals surface area contributed by atoms with Gasteiger partial charge < -0.3 is 14.8 Å². The molecule has 7 heteroatoms. The summed E-state index contributed by atoms with van der Waals surface area (Å²) in [6, 6.07) is 7.96. The highest BCUT2D eigenvalue weighted by Crippen LogP contribution is 2.10. The van der Waals surface area contributed by atoms with Crippen molar-refractivity contribution in [2.24, 2.45) is 5.92 Å². The van der Waals surface area contributed by atoms with Crippen molar-refractivity contribution in [2.75, 3.05) is 0 Å². The van der Waals surface area contributed by atoms with Crippen LogP contribution in [0.3, 0.4) is 0 Å². The second-order valence-corrected chi connectivity index (χ2v) is 6.80. The van der Waals surface area contributed by atoms with Crippen molar-refractivity contribution in [3.8, 4) is 0 Å². The first-order chi connectivity index (χ1) is 12.3. The Balaban J connectivity index is 2.03. The summed E-state index contributed by atoms with van der Waals surface area (Å²) in [6.45, 7) is 4.45. The number of carbonyl (C=O) groups is 2. The lowest BCUT2D eigenvalue weighted by Crippen LogP contribution is -2.48. The minimum Gasteiger partial charge on any atom is -0.480 e. The molecule has 0 aliphatic carbocycles. The Hall–Kier alpha value is -2.67. The van der Waals surface area contributed by atoms with Gasteiger partial charge in [-0.25, -0.2) is 4.98 Å². The van der Waals surface area contributed by atoms with Crippen molar-refractivity contribution in [1.29, 1.82) is 0 Å².